The zero-order valence-electron chi connectivity index (χ0n) is 13.8. The molecule has 0 bridgehead atoms. The molecule has 1 spiro atoms. The molecule has 2 aliphatic rings. The van der Waals surface area contributed by atoms with Crippen molar-refractivity contribution in [3.63, 3.8) is 0 Å². The van der Waals surface area contributed by atoms with Crippen LogP contribution in [0.15, 0.2) is 78.9 Å². The number of hydrogen-bond donors (Lipinski definition) is 2. The highest BCUT2D eigenvalue weighted by Gasteiger charge is 2.58. The molecule has 2 N–H and O–H groups in total. The van der Waals surface area contributed by atoms with Gasteiger partial charge in [0.05, 0.1) is 0 Å². The Labute approximate surface area is 150 Å². The first-order chi connectivity index (χ1) is 12.7. The number of rotatable bonds is 1. The smallest absolute Gasteiger partial charge is 0.323 e. The van der Waals surface area contributed by atoms with Crippen molar-refractivity contribution in [2.24, 2.45) is 0 Å². The molecule has 3 aromatic carbocycles. The van der Waals surface area contributed by atoms with Crippen LogP contribution in [0.1, 0.15) is 11.1 Å². The van der Waals surface area contributed by atoms with Gasteiger partial charge in [0.2, 0.25) is 0 Å². The minimum absolute atomic E-state index is 0.232. The van der Waals surface area contributed by atoms with Crippen LogP contribution >= 0.6 is 0 Å². The predicted octanol–water partition coefficient (Wildman–Crippen LogP) is 3.93. The van der Waals surface area contributed by atoms with Crippen LogP contribution in [-0.2, 0) is 10.3 Å². The largest absolute Gasteiger partial charge is 0.327 e. The highest BCUT2D eigenvalue weighted by atomic mass is 16.2. The summed E-state index contributed by atoms with van der Waals surface area (Å²) in [5.41, 5.74) is 2.32. The molecule has 0 fully saturated rings. The number of nitrogens with zero attached hydrogens (tertiary/aromatic N) is 1. The van der Waals surface area contributed by atoms with Crippen molar-refractivity contribution >= 4 is 29.0 Å². The van der Waals surface area contributed by atoms with Crippen LogP contribution in [0, 0.1) is 0 Å². The Bertz CT molecular complexity index is 1050. The van der Waals surface area contributed by atoms with E-state index in [4.69, 9.17) is 0 Å². The molecular formula is C21H15N3O2. The van der Waals surface area contributed by atoms with E-state index in [1.807, 2.05) is 78.9 Å². The Morgan fingerprint density at radius 1 is 0.654 bits per heavy atom. The van der Waals surface area contributed by atoms with Gasteiger partial charge in [-0.25, -0.2) is 4.79 Å². The van der Waals surface area contributed by atoms with E-state index in [1.54, 1.807) is 4.90 Å². The van der Waals surface area contributed by atoms with Crippen LogP contribution in [0.25, 0.3) is 0 Å². The van der Waals surface area contributed by atoms with Gasteiger partial charge in [-0.1, -0.05) is 54.6 Å². The summed E-state index contributed by atoms with van der Waals surface area (Å²) in [4.78, 5) is 28.0. The third-order valence-electron chi connectivity index (χ3n) is 5.01. The lowest BCUT2D eigenvalue weighted by Gasteiger charge is -2.44. The lowest BCUT2D eigenvalue weighted by Crippen LogP contribution is -2.59. The maximum absolute atomic E-state index is 13.4. The fourth-order valence-electron chi connectivity index (χ4n) is 3.97. The molecule has 5 heteroatoms. The molecule has 0 aromatic heterocycles. The van der Waals surface area contributed by atoms with Gasteiger partial charge in [0.15, 0.2) is 5.54 Å². The minimum Gasteiger partial charge on any atom is -0.323 e. The summed E-state index contributed by atoms with van der Waals surface area (Å²) in [6.07, 6.45) is 0. The van der Waals surface area contributed by atoms with Crippen molar-refractivity contribution in [1.82, 2.24) is 0 Å². The average Bonchev–Trinajstić information content (AvgIpc) is 2.95. The van der Waals surface area contributed by atoms with Gasteiger partial charge in [0.1, 0.15) is 0 Å². The van der Waals surface area contributed by atoms with E-state index in [2.05, 4.69) is 10.6 Å². The molecule has 5 nitrogen and oxygen atoms in total. The summed E-state index contributed by atoms with van der Waals surface area (Å²) in [5, 5.41) is 5.88. The van der Waals surface area contributed by atoms with Crippen LogP contribution in [0.2, 0.25) is 0 Å². The standard InChI is InChI=1S/C21H15N3O2/c25-19-21(15-10-4-6-12-17(15)22-19)16-11-5-7-13-18(16)23-20(26)24(21)14-8-2-1-3-9-14/h1-13H,(H,22,25)(H,23,26). The van der Waals surface area contributed by atoms with Crippen molar-refractivity contribution in [1.29, 1.82) is 0 Å². The number of urea groups is 1. The van der Waals surface area contributed by atoms with Gasteiger partial charge < -0.3 is 10.6 Å². The summed E-state index contributed by atoms with van der Waals surface area (Å²) in [6.45, 7) is 0. The van der Waals surface area contributed by atoms with Gasteiger partial charge >= 0.3 is 6.03 Å². The average molecular weight is 341 g/mol. The fraction of sp³-hybridized carbons (Fsp3) is 0.0476. The number of amides is 3. The highest BCUT2D eigenvalue weighted by molar-refractivity contribution is 6.20. The van der Waals surface area contributed by atoms with Gasteiger partial charge in [-0.15, -0.1) is 0 Å². The molecule has 2 heterocycles. The second-order valence-corrected chi connectivity index (χ2v) is 6.36. The van der Waals surface area contributed by atoms with E-state index in [0.29, 0.717) is 11.4 Å². The topological polar surface area (TPSA) is 61.4 Å². The number of hydrogen-bond acceptors (Lipinski definition) is 2. The molecule has 126 valence electrons. The number of carbonyl (C=O) groups is 2. The monoisotopic (exact) mass is 341 g/mol. The molecule has 0 saturated heterocycles. The quantitative estimate of drug-likeness (QED) is 0.704. The molecule has 0 saturated carbocycles. The first-order valence-electron chi connectivity index (χ1n) is 8.39. The number of fused-ring (bicyclic) bond motifs is 4. The van der Waals surface area contributed by atoms with E-state index in [1.165, 1.54) is 0 Å². The number of nitrogens with one attached hydrogen (secondary N) is 2. The Morgan fingerprint density at radius 3 is 1.85 bits per heavy atom. The summed E-state index contributed by atoms with van der Waals surface area (Å²) in [6, 6.07) is 23.9. The summed E-state index contributed by atoms with van der Waals surface area (Å²) >= 11 is 0. The molecule has 3 amide bonds. The molecule has 5 rings (SSSR count). The number of carbonyl (C=O) groups excluding carboxylic acids is 2. The Hall–Kier alpha value is -3.60. The molecular weight excluding hydrogens is 326 g/mol. The van der Waals surface area contributed by atoms with Crippen LogP contribution in [0.4, 0.5) is 21.9 Å². The van der Waals surface area contributed by atoms with Gasteiger partial charge in [-0.2, -0.15) is 0 Å². The molecule has 0 aliphatic carbocycles. The molecule has 1 unspecified atom stereocenters. The Kier molecular flexibility index (Phi) is 2.94. The Morgan fingerprint density at radius 2 is 1.19 bits per heavy atom. The lowest BCUT2D eigenvalue weighted by molar-refractivity contribution is -0.119. The lowest BCUT2D eigenvalue weighted by atomic mass is 9.79. The predicted molar refractivity (Wildman–Crippen MR) is 100 cm³/mol. The third-order valence-corrected chi connectivity index (χ3v) is 5.01. The number of anilines is 3. The first kappa shape index (κ1) is 14.7. The second-order valence-electron chi connectivity index (χ2n) is 6.36. The van der Waals surface area contributed by atoms with Crippen molar-refractivity contribution in [2.45, 2.75) is 5.54 Å². The molecule has 26 heavy (non-hydrogen) atoms. The van der Waals surface area contributed by atoms with Crippen LogP contribution in [-0.4, -0.2) is 11.9 Å². The molecule has 1 atom stereocenters. The van der Waals surface area contributed by atoms with Crippen molar-refractivity contribution in [2.75, 3.05) is 15.5 Å². The van der Waals surface area contributed by atoms with Crippen molar-refractivity contribution < 1.29 is 9.59 Å². The van der Waals surface area contributed by atoms with Gasteiger partial charge in [0.25, 0.3) is 5.91 Å². The van der Waals surface area contributed by atoms with E-state index in [0.717, 1.165) is 16.8 Å². The second kappa shape index (κ2) is 5.20. The van der Waals surface area contributed by atoms with Gasteiger partial charge in [-0.3, -0.25) is 9.69 Å². The number of benzene rings is 3. The van der Waals surface area contributed by atoms with Crippen LogP contribution in [0.5, 0.6) is 0 Å². The highest BCUT2D eigenvalue weighted by Crippen LogP contribution is 2.51. The van der Waals surface area contributed by atoms with Gasteiger partial charge in [0, 0.05) is 28.2 Å². The van der Waals surface area contributed by atoms with Crippen molar-refractivity contribution in [3.8, 4) is 0 Å². The van der Waals surface area contributed by atoms with E-state index < -0.39 is 5.54 Å². The maximum Gasteiger partial charge on any atom is 0.327 e. The normalized spacial score (nSPS) is 20.4. The number of para-hydroxylation sites is 3. The van der Waals surface area contributed by atoms with Gasteiger partial charge in [-0.05, 0) is 24.3 Å². The SMILES string of the molecule is O=C1Nc2ccccc2C2(C(=O)Nc3ccccc32)N1c1ccccc1. The maximum atomic E-state index is 13.4. The Balaban J connectivity index is 1.89. The van der Waals surface area contributed by atoms with E-state index >= 15 is 0 Å². The van der Waals surface area contributed by atoms with E-state index in [9.17, 15) is 9.59 Å². The fourth-order valence-corrected chi connectivity index (χ4v) is 3.97. The molecule has 3 aromatic rings. The van der Waals surface area contributed by atoms with Crippen molar-refractivity contribution in [3.05, 3.63) is 90.0 Å². The first-order valence-corrected chi connectivity index (χ1v) is 8.39. The van der Waals surface area contributed by atoms with E-state index in [-0.39, 0.29) is 11.9 Å². The van der Waals surface area contributed by atoms with Crippen LogP contribution in [0.3, 0.4) is 0 Å². The zero-order valence-corrected chi connectivity index (χ0v) is 13.8. The summed E-state index contributed by atoms with van der Waals surface area (Å²) in [5.74, 6) is -0.232. The third kappa shape index (κ3) is 1.74. The molecule has 0 radical (unpaired) electrons. The molecule has 2 aliphatic heterocycles. The minimum atomic E-state index is -1.24. The summed E-state index contributed by atoms with van der Waals surface area (Å²) < 4.78 is 0. The van der Waals surface area contributed by atoms with Crippen LogP contribution < -0.4 is 15.5 Å². The summed E-state index contributed by atoms with van der Waals surface area (Å²) in [7, 11) is 0. The zero-order chi connectivity index (χ0) is 17.7.